The fraction of sp³-hybridized carbons (Fsp3) is 0.700. The highest BCUT2D eigenvalue weighted by atomic mass is 19.1. The van der Waals surface area contributed by atoms with Gasteiger partial charge in [-0.2, -0.15) is 0 Å². The minimum Gasteiger partial charge on any atom is -0.464 e. The zero-order valence-corrected chi connectivity index (χ0v) is 20.7. The molecule has 7 atom stereocenters. The molecular weight excluding hydrogens is 509 g/mol. The van der Waals surface area contributed by atoms with Crippen LogP contribution in [0.2, 0.25) is 0 Å². The number of esters is 6. The molecule has 0 aliphatic carbocycles. The molecule has 0 aromatic rings. The first-order valence-corrected chi connectivity index (χ1v) is 10.5. The van der Waals surface area contributed by atoms with E-state index in [4.69, 9.17) is 34.0 Å². The Morgan fingerprint density at radius 1 is 0.973 bits per heavy atom. The summed E-state index contributed by atoms with van der Waals surface area (Å²) in [5, 5.41) is 3.37. The SMILES string of the molecule is COC(=O)[C@@]1(OC(C)=O)O[C@H](C(OC(C)=O)C(COC(C)=O)OC(C)=O)[C@H](N=[N+]=[N-])[C@@H](OC(C)=O)[C@H]1F. The van der Waals surface area contributed by atoms with Gasteiger partial charge >= 0.3 is 41.6 Å². The van der Waals surface area contributed by atoms with Crippen LogP contribution in [0.25, 0.3) is 10.4 Å². The Morgan fingerprint density at radius 2 is 1.57 bits per heavy atom. The van der Waals surface area contributed by atoms with Gasteiger partial charge in [-0.15, -0.1) is 0 Å². The number of hydrogen-bond acceptors (Lipinski definition) is 14. The van der Waals surface area contributed by atoms with Crippen LogP contribution in [0.3, 0.4) is 0 Å². The van der Waals surface area contributed by atoms with Gasteiger partial charge in [0.25, 0.3) is 0 Å². The second-order valence-electron chi connectivity index (χ2n) is 7.53. The molecule has 206 valence electrons. The molecule has 0 spiro atoms. The van der Waals surface area contributed by atoms with Gasteiger partial charge in [-0.3, -0.25) is 24.0 Å². The first-order valence-electron chi connectivity index (χ1n) is 10.5. The van der Waals surface area contributed by atoms with E-state index in [-0.39, 0.29) is 0 Å². The maximum atomic E-state index is 15.8. The van der Waals surface area contributed by atoms with Crippen LogP contribution in [0.1, 0.15) is 34.6 Å². The summed E-state index contributed by atoms with van der Waals surface area (Å²) in [7, 11) is 0.797. The quantitative estimate of drug-likeness (QED) is 0.120. The van der Waals surface area contributed by atoms with Crippen LogP contribution in [-0.2, 0) is 61.9 Å². The fourth-order valence-corrected chi connectivity index (χ4v) is 3.48. The van der Waals surface area contributed by atoms with E-state index >= 15 is 4.39 Å². The summed E-state index contributed by atoms with van der Waals surface area (Å²) >= 11 is 0. The van der Waals surface area contributed by atoms with Crippen molar-refractivity contribution in [2.45, 2.75) is 77.0 Å². The van der Waals surface area contributed by atoms with Crippen molar-refractivity contribution in [3.05, 3.63) is 10.4 Å². The Kier molecular flexibility index (Phi) is 11.2. The van der Waals surface area contributed by atoms with Crippen LogP contribution in [0, 0.1) is 0 Å². The van der Waals surface area contributed by atoms with Crippen LogP contribution in [-0.4, -0.2) is 91.9 Å². The molecule has 1 heterocycles. The third-order valence-corrected chi connectivity index (χ3v) is 4.65. The number of carbonyl (C=O) groups is 6. The molecule has 1 saturated heterocycles. The van der Waals surface area contributed by atoms with Crippen molar-refractivity contribution in [3.8, 4) is 0 Å². The van der Waals surface area contributed by atoms with Gasteiger partial charge in [0, 0.05) is 39.5 Å². The second-order valence-corrected chi connectivity index (χ2v) is 7.53. The van der Waals surface area contributed by atoms with E-state index in [2.05, 4.69) is 14.8 Å². The Morgan fingerprint density at radius 3 is 2.00 bits per heavy atom. The monoisotopic (exact) mass is 535 g/mol. The molecule has 0 bridgehead atoms. The Labute approximate surface area is 209 Å². The number of hydrogen-bond donors (Lipinski definition) is 0. The number of halogens is 1. The number of methoxy groups -OCH3 is 1. The lowest BCUT2D eigenvalue weighted by atomic mass is 9.87. The van der Waals surface area contributed by atoms with Gasteiger partial charge in [0.1, 0.15) is 18.8 Å². The topological polar surface area (TPSA) is 216 Å². The summed E-state index contributed by atoms with van der Waals surface area (Å²) in [6.07, 6.45) is -10.7. The number of rotatable bonds is 10. The van der Waals surface area contributed by atoms with E-state index in [1.54, 1.807) is 0 Å². The number of nitrogens with zero attached hydrogens (tertiary/aromatic N) is 3. The highest BCUT2D eigenvalue weighted by Gasteiger charge is 2.67. The lowest BCUT2D eigenvalue weighted by molar-refractivity contribution is -0.324. The molecule has 1 rings (SSSR count). The highest BCUT2D eigenvalue weighted by Crippen LogP contribution is 2.40. The molecule has 37 heavy (non-hydrogen) atoms. The molecule has 0 N–H and O–H groups in total. The molecule has 1 aliphatic rings. The summed E-state index contributed by atoms with van der Waals surface area (Å²) in [6, 6.07) is -1.92. The van der Waals surface area contributed by atoms with Crippen molar-refractivity contribution >= 4 is 35.8 Å². The van der Waals surface area contributed by atoms with Gasteiger partial charge in [-0.05, 0) is 5.53 Å². The molecule has 2 unspecified atom stereocenters. The van der Waals surface area contributed by atoms with Gasteiger partial charge in [0.05, 0.1) is 7.11 Å². The van der Waals surface area contributed by atoms with Gasteiger partial charge in [-0.1, -0.05) is 5.11 Å². The van der Waals surface area contributed by atoms with Crippen molar-refractivity contribution < 1.29 is 66.3 Å². The van der Waals surface area contributed by atoms with Gasteiger partial charge in [-0.25, -0.2) is 9.18 Å². The predicted octanol–water partition coefficient (Wildman–Crippen LogP) is 0.193. The minimum atomic E-state index is -3.27. The van der Waals surface area contributed by atoms with Gasteiger partial charge < -0.3 is 33.2 Å². The first kappa shape index (κ1) is 31.1. The molecule has 0 saturated carbocycles. The van der Waals surface area contributed by atoms with Crippen molar-refractivity contribution in [2.75, 3.05) is 13.7 Å². The number of carbonyl (C=O) groups excluding carboxylic acids is 6. The molecule has 0 amide bonds. The van der Waals surface area contributed by atoms with E-state index in [0.717, 1.165) is 41.7 Å². The molecule has 17 heteroatoms. The van der Waals surface area contributed by atoms with Gasteiger partial charge in [0.2, 0.25) is 6.17 Å². The Bertz CT molecular complexity index is 969. The number of azide groups is 1. The lowest BCUT2D eigenvalue weighted by Gasteiger charge is -2.48. The van der Waals surface area contributed by atoms with Crippen molar-refractivity contribution in [3.63, 3.8) is 0 Å². The van der Waals surface area contributed by atoms with Crippen LogP contribution in [0.4, 0.5) is 4.39 Å². The molecule has 0 aromatic heterocycles. The normalized spacial score (nSPS) is 26.2. The first-order chi connectivity index (χ1) is 17.2. The molecule has 0 aromatic carbocycles. The fourth-order valence-electron chi connectivity index (χ4n) is 3.48. The van der Waals surface area contributed by atoms with E-state index in [0.29, 0.717) is 0 Å². The minimum absolute atomic E-state index is 0.758. The standard InChI is InChI=1S/C20H26FN3O13/c1-8(25)32-7-13(33-9(2)26)15(34-10(3)27)16-14(23-24-22)17(35-11(4)28)18(21)20(37-16,19(30)31-6)36-12(5)29/h13-18H,7H2,1-6H3/t13?,14-,15?,16-,17+,18+,20-/m0/s1. The zero-order chi connectivity index (χ0) is 28.5. The third kappa shape index (κ3) is 8.01. The average molecular weight is 535 g/mol. The van der Waals surface area contributed by atoms with Gasteiger partial charge in [0.15, 0.2) is 18.3 Å². The third-order valence-electron chi connectivity index (χ3n) is 4.65. The van der Waals surface area contributed by atoms with Crippen LogP contribution < -0.4 is 0 Å². The molecule has 1 aliphatic heterocycles. The van der Waals surface area contributed by atoms with Crippen molar-refractivity contribution in [2.24, 2.45) is 5.11 Å². The summed E-state index contributed by atoms with van der Waals surface area (Å²) in [6.45, 7) is 3.78. The maximum absolute atomic E-state index is 15.8. The Hall–Kier alpha value is -3.98. The van der Waals surface area contributed by atoms with Crippen molar-refractivity contribution in [1.29, 1.82) is 0 Å². The Balaban J connectivity index is 3.91. The smallest absolute Gasteiger partial charge is 0.383 e. The lowest BCUT2D eigenvalue weighted by Crippen LogP contribution is -2.71. The predicted molar refractivity (Wildman–Crippen MR) is 113 cm³/mol. The molecule has 1 fully saturated rings. The summed E-state index contributed by atoms with van der Waals surface area (Å²) < 4.78 is 50.8. The van der Waals surface area contributed by atoms with Crippen molar-refractivity contribution in [1.82, 2.24) is 0 Å². The number of ether oxygens (including phenoxy) is 7. The maximum Gasteiger partial charge on any atom is 0.383 e. The zero-order valence-electron chi connectivity index (χ0n) is 20.7. The largest absolute Gasteiger partial charge is 0.464 e. The average Bonchev–Trinajstić information content (AvgIpc) is 2.78. The van der Waals surface area contributed by atoms with E-state index in [1.807, 2.05) is 0 Å². The number of alkyl halides is 1. The van der Waals surface area contributed by atoms with Crippen LogP contribution in [0.15, 0.2) is 5.11 Å². The molecular formula is C20H26FN3O13. The molecule has 0 radical (unpaired) electrons. The molecule has 16 nitrogen and oxygen atoms in total. The van der Waals surface area contributed by atoms with E-state index in [9.17, 15) is 28.8 Å². The van der Waals surface area contributed by atoms with Crippen LogP contribution >= 0.6 is 0 Å². The second kappa shape index (κ2) is 13.4. The van der Waals surface area contributed by atoms with Crippen LogP contribution in [0.5, 0.6) is 0 Å². The summed E-state index contributed by atoms with van der Waals surface area (Å²) in [5.41, 5.74) is 9.13. The summed E-state index contributed by atoms with van der Waals surface area (Å²) in [4.78, 5) is 74.1. The summed E-state index contributed by atoms with van der Waals surface area (Å²) in [5.74, 6) is -10.1. The van der Waals surface area contributed by atoms with E-state index < -0.39 is 84.8 Å². The van der Waals surface area contributed by atoms with E-state index in [1.165, 1.54) is 0 Å². The highest BCUT2D eigenvalue weighted by molar-refractivity contribution is 5.82.